The molecule has 1 saturated heterocycles. The molecule has 0 bridgehead atoms. The van der Waals surface area contributed by atoms with Gasteiger partial charge in [-0.3, -0.25) is 19.8 Å². The van der Waals surface area contributed by atoms with Crippen LogP contribution in [-0.2, 0) is 4.79 Å². The minimum absolute atomic E-state index is 0.0234. The fourth-order valence-electron chi connectivity index (χ4n) is 1.70. The van der Waals surface area contributed by atoms with Gasteiger partial charge < -0.3 is 0 Å². The fraction of sp³-hybridized carbons (Fsp3) is 0.0769. The number of carbonyl (C=O) groups is 1. The minimum atomic E-state index is -0.560. The van der Waals surface area contributed by atoms with E-state index in [-0.39, 0.29) is 16.6 Å². The lowest BCUT2D eigenvalue weighted by atomic mass is 10.2. The molecule has 0 atom stereocenters. The van der Waals surface area contributed by atoms with E-state index in [4.69, 9.17) is 23.8 Å². The van der Waals surface area contributed by atoms with Gasteiger partial charge in [-0.2, -0.15) is 0 Å². The highest BCUT2D eigenvalue weighted by molar-refractivity contribution is 8.26. The van der Waals surface area contributed by atoms with Crippen LogP contribution in [0.3, 0.4) is 0 Å². The number of benzene rings is 1. The number of nitro benzene ring substituents is 1. The van der Waals surface area contributed by atoms with E-state index in [9.17, 15) is 14.9 Å². The second-order valence-corrected chi connectivity index (χ2v) is 6.13. The summed E-state index contributed by atoms with van der Waals surface area (Å²) in [5.74, 6) is -0.209. The van der Waals surface area contributed by atoms with Crippen molar-refractivity contribution in [2.24, 2.45) is 0 Å². The van der Waals surface area contributed by atoms with Gasteiger partial charge in [0.05, 0.1) is 9.83 Å². The molecule has 0 aromatic heterocycles. The van der Waals surface area contributed by atoms with E-state index >= 15 is 0 Å². The standard InChI is InChI=1S/C13H9ClN2O3S2/c1-2-5-15-12(17)11(21-13(15)20)7-8-3-4-10(16(18)19)9(14)6-8/h2-4,6-7H,1,5H2. The van der Waals surface area contributed by atoms with Crippen LogP contribution >= 0.6 is 35.6 Å². The predicted molar refractivity (Wildman–Crippen MR) is 88.2 cm³/mol. The maximum atomic E-state index is 12.1. The Balaban J connectivity index is 2.30. The van der Waals surface area contributed by atoms with Crippen LogP contribution in [-0.4, -0.2) is 26.6 Å². The maximum absolute atomic E-state index is 12.1. The third-order valence-corrected chi connectivity index (χ3v) is 4.33. The van der Waals surface area contributed by atoms with Gasteiger partial charge in [0.2, 0.25) is 0 Å². The van der Waals surface area contributed by atoms with Crippen LogP contribution in [0.2, 0.25) is 5.02 Å². The molecule has 1 aromatic carbocycles. The predicted octanol–water partition coefficient (Wildman–Crippen LogP) is 3.64. The van der Waals surface area contributed by atoms with Crippen LogP contribution in [0.4, 0.5) is 5.69 Å². The largest absolute Gasteiger partial charge is 0.289 e. The number of halogens is 1. The molecule has 1 fully saturated rings. The number of hydrogen-bond acceptors (Lipinski definition) is 5. The Kier molecular flexibility index (Phi) is 4.76. The molecule has 1 aromatic rings. The van der Waals surface area contributed by atoms with Crippen LogP contribution in [0, 0.1) is 10.1 Å². The van der Waals surface area contributed by atoms with Gasteiger partial charge in [-0.1, -0.05) is 41.7 Å². The second kappa shape index (κ2) is 6.38. The number of hydrogen-bond donors (Lipinski definition) is 0. The molecule has 0 saturated carbocycles. The van der Waals surface area contributed by atoms with E-state index in [1.54, 1.807) is 12.2 Å². The lowest BCUT2D eigenvalue weighted by Gasteiger charge is -2.10. The van der Waals surface area contributed by atoms with Gasteiger partial charge in [0, 0.05) is 12.6 Å². The Labute approximate surface area is 135 Å². The molecule has 1 aliphatic heterocycles. The summed E-state index contributed by atoms with van der Waals surface area (Å²) < 4.78 is 0.458. The van der Waals surface area contributed by atoms with Crippen LogP contribution in [0.1, 0.15) is 5.56 Å². The highest BCUT2D eigenvalue weighted by atomic mass is 35.5. The van der Waals surface area contributed by atoms with Crippen LogP contribution in [0.25, 0.3) is 6.08 Å². The van der Waals surface area contributed by atoms with Crippen LogP contribution < -0.4 is 0 Å². The summed E-state index contributed by atoms with van der Waals surface area (Å²) in [4.78, 5) is 24.2. The zero-order valence-electron chi connectivity index (χ0n) is 10.6. The lowest BCUT2D eigenvalue weighted by Crippen LogP contribution is -2.27. The van der Waals surface area contributed by atoms with Crippen molar-refractivity contribution in [2.75, 3.05) is 6.54 Å². The zero-order valence-corrected chi connectivity index (χ0v) is 13.0. The first-order valence-corrected chi connectivity index (χ1v) is 7.34. The van der Waals surface area contributed by atoms with Crippen LogP contribution in [0.15, 0.2) is 35.8 Å². The molecule has 0 aliphatic carbocycles. The molecule has 2 rings (SSSR count). The van der Waals surface area contributed by atoms with E-state index in [1.807, 2.05) is 0 Å². The van der Waals surface area contributed by atoms with Gasteiger partial charge in [-0.05, 0) is 23.8 Å². The molecular weight excluding hydrogens is 332 g/mol. The minimum Gasteiger partial charge on any atom is -0.289 e. The monoisotopic (exact) mass is 340 g/mol. The number of amides is 1. The van der Waals surface area contributed by atoms with Crippen molar-refractivity contribution in [1.82, 2.24) is 4.90 Å². The van der Waals surface area contributed by atoms with Crippen molar-refractivity contribution in [2.45, 2.75) is 0 Å². The Hall–Kier alpha value is -1.70. The number of carbonyl (C=O) groups excluding carboxylic acids is 1. The smallest absolute Gasteiger partial charge is 0.287 e. The quantitative estimate of drug-likeness (QED) is 0.275. The summed E-state index contributed by atoms with van der Waals surface area (Å²) in [6.07, 6.45) is 3.20. The molecule has 8 heteroatoms. The van der Waals surface area contributed by atoms with Crippen molar-refractivity contribution in [3.05, 3.63) is 56.5 Å². The normalized spacial score (nSPS) is 16.6. The molecule has 1 heterocycles. The molecule has 0 unspecified atom stereocenters. The first kappa shape index (κ1) is 15.7. The molecule has 21 heavy (non-hydrogen) atoms. The van der Waals surface area contributed by atoms with E-state index in [1.165, 1.54) is 34.9 Å². The maximum Gasteiger partial charge on any atom is 0.287 e. The van der Waals surface area contributed by atoms with Gasteiger partial charge in [0.15, 0.2) is 0 Å². The van der Waals surface area contributed by atoms with Crippen molar-refractivity contribution in [3.63, 3.8) is 0 Å². The van der Waals surface area contributed by atoms with Crippen molar-refractivity contribution >= 4 is 57.6 Å². The summed E-state index contributed by atoms with van der Waals surface area (Å²) in [6.45, 7) is 3.93. The molecule has 1 amide bonds. The third-order valence-electron chi connectivity index (χ3n) is 2.65. The Morgan fingerprint density at radius 3 is 2.81 bits per heavy atom. The molecule has 0 N–H and O–H groups in total. The second-order valence-electron chi connectivity index (χ2n) is 4.05. The fourth-order valence-corrected chi connectivity index (χ4v) is 3.23. The SMILES string of the molecule is C=CCN1C(=O)C(=Cc2ccc([N+](=O)[O-])c(Cl)c2)SC1=S. The molecule has 5 nitrogen and oxygen atoms in total. The summed E-state index contributed by atoms with van der Waals surface area (Å²) in [5, 5.41) is 10.7. The first-order valence-electron chi connectivity index (χ1n) is 5.74. The van der Waals surface area contributed by atoms with Gasteiger partial charge in [0.1, 0.15) is 9.34 Å². The summed E-state index contributed by atoms with van der Waals surface area (Å²) in [5.41, 5.74) is 0.428. The molecule has 0 spiro atoms. The van der Waals surface area contributed by atoms with Gasteiger partial charge in [0.25, 0.3) is 11.6 Å². The number of nitrogens with zero attached hydrogens (tertiary/aromatic N) is 2. The Bertz CT molecular complexity index is 688. The first-order chi connectivity index (χ1) is 9.93. The molecular formula is C13H9ClN2O3S2. The average Bonchev–Trinajstić information content (AvgIpc) is 2.66. The molecule has 1 aliphatic rings. The van der Waals surface area contributed by atoms with Gasteiger partial charge in [-0.25, -0.2) is 0 Å². The topological polar surface area (TPSA) is 63.5 Å². The zero-order chi connectivity index (χ0) is 15.6. The number of thiocarbonyl (C=S) groups is 1. The molecule has 0 radical (unpaired) electrons. The summed E-state index contributed by atoms with van der Waals surface area (Å²) in [7, 11) is 0. The summed E-state index contributed by atoms with van der Waals surface area (Å²) >= 11 is 12.1. The Morgan fingerprint density at radius 1 is 1.52 bits per heavy atom. The van der Waals surface area contributed by atoms with Crippen LogP contribution in [0.5, 0.6) is 0 Å². The van der Waals surface area contributed by atoms with E-state index < -0.39 is 4.92 Å². The highest BCUT2D eigenvalue weighted by Crippen LogP contribution is 2.33. The lowest BCUT2D eigenvalue weighted by molar-refractivity contribution is -0.384. The number of thioether (sulfide) groups is 1. The third kappa shape index (κ3) is 3.31. The number of rotatable bonds is 4. The van der Waals surface area contributed by atoms with E-state index in [2.05, 4.69) is 6.58 Å². The van der Waals surface area contributed by atoms with Gasteiger partial charge in [-0.15, -0.1) is 6.58 Å². The van der Waals surface area contributed by atoms with Crippen molar-refractivity contribution in [1.29, 1.82) is 0 Å². The van der Waals surface area contributed by atoms with Crippen molar-refractivity contribution < 1.29 is 9.72 Å². The number of nitro groups is 1. The van der Waals surface area contributed by atoms with Crippen molar-refractivity contribution in [3.8, 4) is 0 Å². The van der Waals surface area contributed by atoms with Gasteiger partial charge >= 0.3 is 0 Å². The van der Waals surface area contributed by atoms with E-state index in [0.717, 1.165) is 0 Å². The Morgan fingerprint density at radius 2 is 2.24 bits per heavy atom. The average molecular weight is 341 g/mol. The summed E-state index contributed by atoms with van der Waals surface area (Å²) in [6, 6.07) is 4.28. The van der Waals surface area contributed by atoms with E-state index in [0.29, 0.717) is 21.3 Å². The highest BCUT2D eigenvalue weighted by Gasteiger charge is 2.31. The molecule has 108 valence electrons.